The number of benzene rings is 1. The van der Waals surface area contributed by atoms with Crippen molar-refractivity contribution < 1.29 is 4.92 Å². The predicted octanol–water partition coefficient (Wildman–Crippen LogP) is 2.62. The SMILES string of the molecule is CN(C)C1CCN(c2c([N+](=O)[O-])ccc3c2c(I)nn3C)CC1. The first-order valence-corrected chi connectivity index (χ1v) is 8.69. The molecular formula is C15H20IN5O2. The maximum absolute atomic E-state index is 11.5. The number of nitro benzene ring substituents is 1. The third kappa shape index (κ3) is 2.89. The van der Waals surface area contributed by atoms with Gasteiger partial charge in [-0.2, -0.15) is 5.10 Å². The van der Waals surface area contributed by atoms with E-state index >= 15 is 0 Å². The molecule has 1 aromatic carbocycles. The Hall–Kier alpha value is -1.42. The van der Waals surface area contributed by atoms with Crippen molar-refractivity contribution in [1.29, 1.82) is 0 Å². The van der Waals surface area contributed by atoms with E-state index < -0.39 is 0 Å². The van der Waals surface area contributed by atoms with Crippen molar-refractivity contribution in [3.05, 3.63) is 25.9 Å². The van der Waals surface area contributed by atoms with E-state index in [0.29, 0.717) is 6.04 Å². The van der Waals surface area contributed by atoms with Gasteiger partial charge < -0.3 is 9.80 Å². The van der Waals surface area contributed by atoms with Gasteiger partial charge in [-0.3, -0.25) is 14.8 Å². The van der Waals surface area contributed by atoms with Crippen molar-refractivity contribution >= 4 is 44.9 Å². The Morgan fingerprint density at radius 3 is 2.57 bits per heavy atom. The first kappa shape index (κ1) is 16.4. The summed E-state index contributed by atoms with van der Waals surface area (Å²) in [6.45, 7) is 1.65. The van der Waals surface area contributed by atoms with Crippen LogP contribution in [0.25, 0.3) is 10.9 Å². The molecule has 1 fully saturated rings. The van der Waals surface area contributed by atoms with Gasteiger partial charge in [0.25, 0.3) is 5.69 Å². The highest BCUT2D eigenvalue weighted by molar-refractivity contribution is 14.1. The summed E-state index contributed by atoms with van der Waals surface area (Å²) in [5.41, 5.74) is 1.83. The summed E-state index contributed by atoms with van der Waals surface area (Å²) < 4.78 is 2.60. The van der Waals surface area contributed by atoms with Crippen LogP contribution in [0.3, 0.4) is 0 Å². The minimum Gasteiger partial charge on any atom is -0.365 e. The number of nitrogens with zero attached hydrogens (tertiary/aromatic N) is 5. The maximum Gasteiger partial charge on any atom is 0.293 e. The Labute approximate surface area is 148 Å². The zero-order valence-corrected chi connectivity index (χ0v) is 15.6. The van der Waals surface area contributed by atoms with Gasteiger partial charge >= 0.3 is 0 Å². The average molecular weight is 429 g/mol. The number of rotatable bonds is 3. The van der Waals surface area contributed by atoms with E-state index in [1.165, 1.54) is 0 Å². The highest BCUT2D eigenvalue weighted by Gasteiger charge is 2.29. The Balaban J connectivity index is 2.08. The van der Waals surface area contributed by atoms with Crippen LogP contribution in [0.5, 0.6) is 0 Å². The highest BCUT2D eigenvalue weighted by Crippen LogP contribution is 2.39. The van der Waals surface area contributed by atoms with Gasteiger partial charge in [0.15, 0.2) is 0 Å². The molecule has 1 aliphatic heterocycles. The predicted molar refractivity (Wildman–Crippen MR) is 99.0 cm³/mol. The molecule has 8 heteroatoms. The quantitative estimate of drug-likeness (QED) is 0.427. The second kappa shape index (κ2) is 6.23. The molecule has 124 valence electrons. The molecule has 0 aliphatic carbocycles. The molecule has 0 spiro atoms. The summed E-state index contributed by atoms with van der Waals surface area (Å²) in [6.07, 6.45) is 2.02. The molecule has 2 aromatic rings. The molecule has 0 saturated carbocycles. The fraction of sp³-hybridized carbons (Fsp3) is 0.533. The lowest BCUT2D eigenvalue weighted by molar-refractivity contribution is -0.384. The number of halogens is 1. The van der Waals surface area contributed by atoms with Gasteiger partial charge in [-0.25, -0.2) is 0 Å². The Kier molecular flexibility index (Phi) is 4.45. The highest BCUT2D eigenvalue weighted by atomic mass is 127. The molecule has 1 aromatic heterocycles. The van der Waals surface area contributed by atoms with Crippen LogP contribution in [-0.2, 0) is 7.05 Å². The lowest BCUT2D eigenvalue weighted by Crippen LogP contribution is -2.42. The van der Waals surface area contributed by atoms with E-state index in [2.05, 4.69) is 51.6 Å². The summed E-state index contributed by atoms with van der Waals surface area (Å²) in [6, 6.07) is 3.93. The molecule has 0 atom stereocenters. The van der Waals surface area contributed by atoms with Gasteiger partial charge in [-0.15, -0.1) is 0 Å². The lowest BCUT2D eigenvalue weighted by atomic mass is 10.0. The van der Waals surface area contributed by atoms with Crippen LogP contribution in [0.15, 0.2) is 12.1 Å². The fourth-order valence-electron chi connectivity index (χ4n) is 3.35. The first-order valence-electron chi connectivity index (χ1n) is 7.61. The molecule has 1 saturated heterocycles. The molecule has 0 unspecified atom stereocenters. The number of fused-ring (bicyclic) bond motifs is 1. The number of aromatic nitrogens is 2. The second-order valence-corrected chi connectivity index (χ2v) is 7.20. The van der Waals surface area contributed by atoms with Crippen molar-refractivity contribution in [1.82, 2.24) is 14.7 Å². The lowest BCUT2D eigenvalue weighted by Gasteiger charge is -2.36. The maximum atomic E-state index is 11.5. The molecule has 3 rings (SSSR count). The largest absolute Gasteiger partial charge is 0.365 e. The van der Waals surface area contributed by atoms with E-state index in [0.717, 1.165) is 46.2 Å². The molecule has 1 aliphatic rings. The third-order valence-electron chi connectivity index (χ3n) is 4.64. The van der Waals surface area contributed by atoms with Crippen LogP contribution in [0.1, 0.15) is 12.8 Å². The monoisotopic (exact) mass is 429 g/mol. The molecule has 7 nitrogen and oxygen atoms in total. The fourth-order valence-corrected chi connectivity index (χ4v) is 4.21. The Morgan fingerprint density at radius 2 is 2.00 bits per heavy atom. The number of hydrogen-bond acceptors (Lipinski definition) is 5. The average Bonchev–Trinajstić information content (AvgIpc) is 2.81. The van der Waals surface area contributed by atoms with Crippen LogP contribution < -0.4 is 4.90 Å². The van der Waals surface area contributed by atoms with E-state index in [-0.39, 0.29) is 10.6 Å². The van der Waals surface area contributed by atoms with Gasteiger partial charge in [-0.05, 0) is 55.6 Å². The molecule has 0 amide bonds. The van der Waals surface area contributed by atoms with Gasteiger partial charge in [0.1, 0.15) is 9.39 Å². The van der Waals surface area contributed by atoms with Crippen molar-refractivity contribution in [3.8, 4) is 0 Å². The van der Waals surface area contributed by atoms with Crippen LogP contribution >= 0.6 is 22.6 Å². The van der Waals surface area contributed by atoms with Gasteiger partial charge in [-0.1, -0.05) is 0 Å². The van der Waals surface area contributed by atoms with Crippen LogP contribution in [0, 0.1) is 13.8 Å². The molecule has 0 radical (unpaired) electrons. The Morgan fingerprint density at radius 1 is 1.35 bits per heavy atom. The van der Waals surface area contributed by atoms with Crippen LogP contribution in [0.2, 0.25) is 0 Å². The number of aryl methyl sites for hydroxylation is 1. The summed E-state index contributed by atoms with van der Waals surface area (Å²) in [7, 11) is 6.06. The molecule has 0 N–H and O–H groups in total. The standard InChI is InChI=1S/C15H20IN5O2/c1-18(2)10-6-8-20(9-7-10)14-12(21(22)23)5-4-11-13(14)15(16)17-19(11)3/h4-5,10H,6-9H2,1-3H3. The number of piperidine rings is 1. The topological polar surface area (TPSA) is 67.4 Å². The zero-order valence-electron chi connectivity index (χ0n) is 13.5. The van der Waals surface area contributed by atoms with Crippen LogP contribution in [0.4, 0.5) is 11.4 Å². The molecular weight excluding hydrogens is 409 g/mol. The minimum absolute atomic E-state index is 0.173. The van der Waals surface area contributed by atoms with Crippen molar-refractivity contribution in [2.45, 2.75) is 18.9 Å². The summed E-state index contributed by atoms with van der Waals surface area (Å²) in [4.78, 5) is 15.7. The number of hydrogen-bond donors (Lipinski definition) is 0. The van der Waals surface area contributed by atoms with E-state index in [9.17, 15) is 10.1 Å². The van der Waals surface area contributed by atoms with E-state index in [1.54, 1.807) is 16.8 Å². The summed E-state index contributed by atoms with van der Waals surface area (Å²) in [5, 5.41) is 16.9. The van der Waals surface area contributed by atoms with Crippen molar-refractivity contribution in [2.24, 2.45) is 7.05 Å². The minimum atomic E-state index is -0.282. The Bertz CT molecular complexity index is 750. The third-order valence-corrected chi connectivity index (χ3v) is 5.39. The van der Waals surface area contributed by atoms with E-state index in [1.807, 2.05) is 7.05 Å². The molecule has 23 heavy (non-hydrogen) atoms. The first-order chi connectivity index (χ1) is 10.9. The molecule has 0 bridgehead atoms. The van der Waals surface area contributed by atoms with Crippen LogP contribution in [-0.4, -0.2) is 52.8 Å². The van der Waals surface area contributed by atoms with Gasteiger partial charge in [0.2, 0.25) is 0 Å². The smallest absolute Gasteiger partial charge is 0.293 e. The number of anilines is 1. The zero-order chi connectivity index (χ0) is 16.7. The second-order valence-electron chi connectivity index (χ2n) is 6.18. The number of nitro groups is 1. The van der Waals surface area contributed by atoms with Crippen molar-refractivity contribution in [3.63, 3.8) is 0 Å². The normalized spacial score (nSPS) is 16.5. The van der Waals surface area contributed by atoms with E-state index in [4.69, 9.17) is 0 Å². The van der Waals surface area contributed by atoms with Gasteiger partial charge in [0, 0.05) is 32.2 Å². The van der Waals surface area contributed by atoms with Crippen molar-refractivity contribution in [2.75, 3.05) is 32.1 Å². The van der Waals surface area contributed by atoms with Gasteiger partial charge in [0.05, 0.1) is 15.8 Å². The summed E-state index contributed by atoms with van der Waals surface area (Å²) >= 11 is 2.17. The molecule has 2 heterocycles. The summed E-state index contributed by atoms with van der Waals surface area (Å²) in [5.74, 6) is 0.